The van der Waals surface area contributed by atoms with Crippen LogP contribution in [-0.2, 0) is 0 Å². The Morgan fingerprint density at radius 2 is 1.72 bits per heavy atom. The Hall–Kier alpha value is -2.97. The zero-order chi connectivity index (χ0) is 18.4. The molecule has 0 bridgehead atoms. The number of nitro groups is 1. The van der Waals surface area contributed by atoms with Crippen LogP contribution in [0.3, 0.4) is 0 Å². The van der Waals surface area contributed by atoms with Crippen molar-refractivity contribution >= 4 is 34.8 Å². The molecule has 0 saturated carbocycles. The number of benzene rings is 2. The number of hydrogen-bond acceptors (Lipinski definition) is 5. The average molecular weight is 363 g/mol. The first-order valence-corrected chi connectivity index (χ1v) is 7.64. The first-order chi connectivity index (χ1) is 11.9. The maximum absolute atomic E-state index is 12.2. The molecule has 130 valence electrons. The van der Waals surface area contributed by atoms with Gasteiger partial charge >= 0.3 is 0 Å². The molecule has 0 spiro atoms. The molecule has 2 aromatic rings. The highest BCUT2D eigenvalue weighted by atomic mass is 35.5. The van der Waals surface area contributed by atoms with Gasteiger partial charge in [-0.05, 0) is 30.3 Å². The van der Waals surface area contributed by atoms with Crippen molar-refractivity contribution in [1.29, 1.82) is 0 Å². The van der Waals surface area contributed by atoms with Gasteiger partial charge in [0.1, 0.15) is 0 Å². The number of non-ortho nitro benzene ring substituents is 1. The molecule has 0 aliphatic carbocycles. The summed E-state index contributed by atoms with van der Waals surface area (Å²) in [6, 6.07) is 9.58. The summed E-state index contributed by atoms with van der Waals surface area (Å²) in [5, 5.41) is 16.1. The van der Waals surface area contributed by atoms with Gasteiger partial charge in [-0.15, -0.1) is 0 Å². The lowest BCUT2D eigenvalue weighted by Crippen LogP contribution is -2.29. The van der Waals surface area contributed by atoms with Gasteiger partial charge in [-0.3, -0.25) is 19.7 Å². The van der Waals surface area contributed by atoms with Crippen molar-refractivity contribution < 1.29 is 14.5 Å². The third kappa shape index (κ3) is 4.75. The van der Waals surface area contributed by atoms with E-state index in [4.69, 9.17) is 17.3 Å². The van der Waals surface area contributed by atoms with Crippen LogP contribution in [0.5, 0.6) is 0 Å². The van der Waals surface area contributed by atoms with E-state index in [1.165, 1.54) is 42.5 Å². The Balaban J connectivity index is 2.16. The highest BCUT2D eigenvalue weighted by molar-refractivity contribution is 6.34. The molecule has 2 amide bonds. The van der Waals surface area contributed by atoms with E-state index in [0.717, 1.165) is 0 Å². The molecular weight excluding hydrogens is 348 g/mol. The van der Waals surface area contributed by atoms with Crippen molar-refractivity contribution in [2.75, 3.05) is 18.4 Å². The molecule has 0 aromatic heterocycles. The molecular formula is C16H15ClN4O4. The van der Waals surface area contributed by atoms with Crippen LogP contribution < -0.4 is 16.4 Å². The van der Waals surface area contributed by atoms with Crippen molar-refractivity contribution in [3.05, 3.63) is 68.7 Å². The molecule has 4 N–H and O–H groups in total. The van der Waals surface area contributed by atoms with E-state index in [-0.39, 0.29) is 27.9 Å². The summed E-state index contributed by atoms with van der Waals surface area (Å²) in [6.45, 7) is 0.634. The van der Waals surface area contributed by atoms with Crippen molar-refractivity contribution in [2.24, 2.45) is 5.73 Å². The van der Waals surface area contributed by atoms with Crippen molar-refractivity contribution in [2.45, 2.75) is 0 Å². The second kappa shape index (κ2) is 8.22. The maximum Gasteiger partial charge on any atom is 0.269 e. The van der Waals surface area contributed by atoms with Gasteiger partial charge in [-0.1, -0.05) is 11.6 Å². The van der Waals surface area contributed by atoms with Crippen LogP contribution in [0.2, 0.25) is 5.02 Å². The number of rotatable bonds is 6. The Labute approximate surface area is 148 Å². The van der Waals surface area contributed by atoms with Crippen LogP contribution in [0.15, 0.2) is 42.5 Å². The molecule has 0 saturated heterocycles. The predicted octanol–water partition coefficient (Wildman–Crippen LogP) is 2.19. The number of hydrogen-bond donors (Lipinski definition) is 3. The molecule has 0 heterocycles. The Bertz CT molecular complexity index is 808. The third-order valence-electron chi connectivity index (χ3n) is 3.25. The number of nitrogens with zero attached hydrogens (tertiary/aromatic N) is 1. The fourth-order valence-corrected chi connectivity index (χ4v) is 2.14. The first kappa shape index (κ1) is 18.4. The molecule has 0 fully saturated rings. The minimum atomic E-state index is -0.554. The van der Waals surface area contributed by atoms with Gasteiger partial charge in [-0.25, -0.2) is 0 Å². The summed E-state index contributed by atoms with van der Waals surface area (Å²) in [6.07, 6.45) is 0. The normalized spacial score (nSPS) is 10.2. The van der Waals surface area contributed by atoms with E-state index in [2.05, 4.69) is 10.6 Å². The monoisotopic (exact) mass is 362 g/mol. The maximum atomic E-state index is 12.2. The van der Waals surface area contributed by atoms with Crippen LogP contribution in [0.4, 0.5) is 11.4 Å². The highest BCUT2D eigenvalue weighted by Crippen LogP contribution is 2.24. The first-order valence-electron chi connectivity index (χ1n) is 7.26. The van der Waals surface area contributed by atoms with Gasteiger partial charge in [0.05, 0.1) is 15.6 Å². The van der Waals surface area contributed by atoms with Gasteiger partial charge in [0.15, 0.2) is 0 Å². The minimum absolute atomic E-state index is 0.117. The van der Waals surface area contributed by atoms with Crippen LogP contribution in [0, 0.1) is 10.1 Å². The quantitative estimate of drug-likeness (QED) is 0.536. The smallest absolute Gasteiger partial charge is 0.269 e. The minimum Gasteiger partial charge on any atom is -0.351 e. The number of nitrogens with two attached hydrogens (primary N) is 1. The summed E-state index contributed by atoms with van der Waals surface area (Å²) in [5.41, 5.74) is 6.01. The standard InChI is InChI=1S/C16H15ClN4O4/c17-13-6-3-11(15(22)19-8-7-18)9-14(13)20-16(23)10-1-4-12(5-2-10)21(24)25/h1-6,9H,7-8,18H2,(H,19,22)(H,20,23). The number of carbonyl (C=O) groups excluding carboxylic acids is 2. The molecule has 8 nitrogen and oxygen atoms in total. The van der Waals surface area contributed by atoms with Crippen molar-refractivity contribution in [1.82, 2.24) is 5.32 Å². The van der Waals surface area contributed by atoms with Crippen LogP contribution in [0.1, 0.15) is 20.7 Å². The zero-order valence-electron chi connectivity index (χ0n) is 13.0. The molecule has 0 atom stereocenters. The van der Waals surface area contributed by atoms with E-state index in [1.807, 2.05) is 0 Å². The summed E-state index contributed by atoms with van der Waals surface area (Å²) in [7, 11) is 0. The van der Waals surface area contributed by atoms with Crippen molar-refractivity contribution in [3.63, 3.8) is 0 Å². The molecule has 25 heavy (non-hydrogen) atoms. The zero-order valence-corrected chi connectivity index (χ0v) is 13.7. The topological polar surface area (TPSA) is 127 Å². The molecule has 9 heteroatoms. The SMILES string of the molecule is NCCNC(=O)c1ccc(Cl)c(NC(=O)c2ccc([N+](=O)[O-])cc2)c1. The number of carbonyl (C=O) groups is 2. The van der Waals surface area contributed by atoms with Gasteiger partial charge < -0.3 is 16.4 Å². The second-order valence-corrected chi connectivity index (χ2v) is 5.40. The third-order valence-corrected chi connectivity index (χ3v) is 3.58. The molecule has 0 aliphatic rings. The van der Waals surface area contributed by atoms with Gasteiger partial charge in [0.25, 0.3) is 17.5 Å². The average Bonchev–Trinajstić information content (AvgIpc) is 2.61. The Kier molecular flexibility index (Phi) is 6.04. The van der Waals surface area contributed by atoms with Crippen molar-refractivity contribution in [3.8, 4) is 0 Å². The van der Waals surface area contributed by atoms with Crippen LogP contribution >= 0.6 is 11.6 Å². The number of amides is 2. The van der Waals surface area contributed by atoms with Gasteiger partial charge in [0, 0.05) is 36.3 Å². The van der Waals surface area contributed by atoms with Crippen LogP contribution in [-0.4, -0.2) is 29.8 Å². The van der Waals surface area contributed by atoms with E-state index in [9.17, 15) is 19.7 Å². The van der Waals surface area contributed by atoms with Crippen LogP contribution in [0.25, 0.3) is 0 Å². The molecule has 0 aliphatic heterocycles. The highest BCUT2D eigenvalue weighted by Gasteiger charge is 2.13. The van der Waals surface area contributed by atoms with Gasteiger partial charge in [-0.2, -0.15) is 0 Å². The van der Waals surface area contributed by atoms with E-state index in [0.29, 0.717) is 18.7 Å². The van der Waals surface area contributed by atoms with E-state index >= 15 is 0 Å². The molecule has 0 radical (unpaired) electrons. The number of anilines is 1. The van der Waals surface area contributed by atoms with E-state index < -0.39 is 10.8 Å². The van der Waals surface area contributed by atoms with E-state index in [1.54, 1.807) is 0 Å². The Morgan fingerprint density at radius 1 is 1.08 bits per heavy atom. The Morgan fingerprint density at radius 3 is 2.32 bits per heavy atom. The fraction of sp³-hybridized carbons (Fsp3) is 0.125. The fourth-order valence-electron chi connectivity index (χ4n) is 1.98. The predicted molar refractivity (Wildman–Crippen MR) is 93.9 cm³/mol. The largest absolute Gasteiger partial charge is 0.351 e. The number of halogens is 1. The summed E-state index contributed by atoms with van der Waals surface area (Å²) in [4.78, 5) is 34.3. The summed E-state index contributed by atoms with van der Waals surface area (Å²) in [5.74, 6) is -0.843. The summed E-state index contributed by atoms with van der Waals surface area (Å²) >= 11 is 6.05. The molecule has 2 rings (SSSR count). The van der Waals surface area contributed by atoms with Gasteiger partial charge in [0.2, 0.25) is 0 Å². The molecule has 2 aromatic carbocycles. The summed E-state index contributed by atoms with van der Waals surface area (Å²) < 4.78 is 0. The lowest BCUT2D eigenvalue weighted by Gasteiger charge is -2.10. The second-order valence-electron chi connectivity index (χ2n) is 5.00. The molecule has 0 unspecified atom stereocenters. The lowest BCUT2D eigenvalue weighted by atomic mass is 10.1. The number of nitro benzene ring substituents is 1. The number of nitrogens with one attached hydrogen (secondary N) is 2. The lowest BCUT2D eigenvalue weighted by molar-refractivity contribution is -0.384.